The van der Waals surface area contributed by atoms with Crippen LogP contribution in [0.3, 0.4) is 0 Å². The Hall–Kier alpha value is -1.55. The summed E-state index contributed by atoms with van der Waals surface area (Å²) in [7, 11) is 0. The number of allylic oxidation sites excluding steroid dienone is 4. The molecule has 0 bridgehead atoms. The molecule has 0 spiro atoms. The predicted molar refractivity (Wildman–Crippen MR) is 156 cm³/mol. The van der Waals surface area contributed by atoms with Crippen molar-refractivity contribution >= 4 is 5.97 Å². The molecular weight excluding hydrogens is 524 g/mol. The Bertz CT molecular complexity index is 1020. The van der Waals surface area contributed by atoms with E-state index in [1.54, 1.807) is 5.57 Å². The van der Waals surface area contributed by atoms with E-state index in [1.807, 2.05) is 13.8 Å². The molecule has 8 nitrogen and oxygen atoms in total. The van der Waals surface area contributed by atoms with Crippen LogP contribution in [0.15, 0.2) is 35.5 Å². The predicted octanol–water partition coefficient (Wildman–Crippen LogP) is 4.65. The number of hydrogen-bond acceptors (Lipinski definition) is 7. The first-order valence-electron chi connectivity index (χ1n) is 15.6. The van der Waals surface area contributed by atoms with Crippen molar-refractivity contribution in [2.75, 3.05) is 0 Å². The van der Waals surface area contributed by atoms with Gasteiger partial charge in [-0.3, -0.25) is 0 Å². The van der Waals surface area contributed by atoms with Crippen molar-refractivity contribution in [3.05, 3.63) is 35.5 Å². The van der Waals surface area contributed by atoms with Crippen LogP contribution in [-0.4, -0.2) is 73.9 Å². The Balaban J connectivity index is 1.33. The first kappa shape index (κ1) is 32.4. The molecule has 10 atom stereocenters. The van der Waals surface area contributed by atoms with Gasteiger partial charge < -0.3 is 35.0 Å². The maximum absolute atomic E-state index is 11.4. The fourth-order valence-corrected chi connectivity index (χ4v) is 8.18. The third-order valence-corrected chi connectivity index (χ3v) is 10.6. The molecule has 4 rings (SSSR count). The maximum atomic E-state index is 11.4. The van der Waals surface area contributed by atoms with Gasteiger partial charge >= 0.3 is 5.97 Å². The van der Waals surface area contributed by atoms with E-state index in [9.17, 15) is 30.3 Å². The lowest BCUT2D eigenvalue weighted by Crippen LogP contribution is -2.61. The van der Waals surface area contributed by atoms with Crippen LogP contribution in [0.4, 0.5) is 0 Å². The second kappa shape index (κ2) is 13.0. The van der Waals surface area contributed by atoms with Crippen molar-refractivity contribution in [1.82, 2.24) is 0 Å². The Morgan fingerprint density at radius 3 is 2.56 bits per heavy atom. The fourth-order valence-electron chi connectivity index (χ4n) is 8.18. The molecule has 10 unspecified atom stereocenters. The Labute approximate surface area is 245 Å². The average molecular weight is 577 g/mol. The number of carboxylic acid groups (broad SMARTS) is 1. The number of aliphatic hydroxyl groups excluding tert-OH is 4. The van der Waals surface area contributed by atoms with Gasteiger partial charge in [0.1, 0.15) is 18.3 Å². The molecule has 0 radical (unpaired) electrons. The zero-order chi connectivity index (χ0) is 30.1. The summed E-state index contributed by atoms with van der Waals surface area (Å²) in [6.07, 6.45) is 7.44. The van der Waals surface area contributed by atoms with Gasteiger partial charge in [-0.2, -0.15) is 0 Å². The lowest BCUT2D eigenvalue weighted by atomic mass is 9.60. The maximum Gasteiger partial charge on any atom is 0.335 e. The number of ether oxygens (including phenoxy) is 2. The first-order chi connectivity index (χ1) is 19.2. The van der Waals surface area contributed by atoms with Gasteiger partial charge in [-0.25, -0.2) is 4.79 Å². The highest BCUT2D eigenvalue weighted by Gasteiger charge is 2.51. The fraction of sp³-hybridized carbons (Fsp3) is 0.788. The molecule has 232 valence electrons. The highest BCUT2D eigenvalue weighted by Crippen LogP contribution is 2.60. The van der Waals surface area contributed by atoms with Gasteiger partial charge in [-0.05, 0) is 100 Å². The van der Waals surface area contributed by atoms with Crippen molar-refractivity contribution in [3.63, 3.8) is 0 Å². The normalized spacial score (nSPS) is 41.0. The van der Waals surface area contributed by atoms with Gasteiger partial charge in [0.05, 0.1) is 11.7 Å². The molecule has 5 N–H and O–H groups in total. The number of aliphatic carboxylic acids is 1. The summed E-state index contributed by atoms with van der Waals surface area (Å²) in [6.45, 7) is 12.8. The van der Waals surface area contributed by atoms with E-state index in [1.165, 1.54) is 31.3 Å². The molecular formula is C33H52O8. The Kier molecular flexibility index (Phi) is 10.2. The van der Waals surface area contributed by atoms with Gasteiger partial charge in [0, 0.05) is 0 Å². The van der Waals surface area contributed by atoms with E-state index in [4.69, 9.17) is 9.47 Å². The number of hydrogen-bond donors (Lipinski definition) is 5. The molecule has 3 saturated carbocycles. The number of rotatable bonds is 9. The molecule has 3 aliphatic carbocycles. The van der Waals surface area contributed by atoms with E-state index >= 15 is 0 Å². The highest BCUT2D eigenvalue weighted by atomic mass is 16.7. The van der Waals surface area contributed by atoms with E-state index < -0.39 is 42.3 Å². The third kappa shape index (κ3) is 7.16. The monoisotopic (exact) mass is 576 g/mol. The second-order valence-electron chi connectivity index (χ2n) is 14.0. The molecule has 0 amide bonds. The number of aliphatic hydroxyl groups is 4. The highest BCUT2D eigenvalue weighted by molar-refractivity contribution is 5.73. The van der Waals surface area contributed by atoms with Crippen LogP contribution < -0.4 is 0 Å². The van der Waals surface area contributed by atoms with Gasteiger partial charge in [-0.15, -0.1) is 0 Å². The topological polar surface area (TPSA) is 137 Å². The summed E-state index contributed by atoms with van der Waals surface area (Å²) >= 11 is 0. The molecule has 1 heterocycles. The number of carbonyl (C=O) groups is 1. The standard InChI is InChI=1S/C33H52O8/c1-19-10-13-23(34)18-22(19)12-11-21-9-7-17-33(5)24(14-15-25(21)33)20(2)8-6-16-32(3,4)41-31-28(37)26(35)27(36)29(40-31)30(38)39/h11-12,20,23-29,31,34-37H,1,6-10,13-18H2,2-5H3,(H,38,39). The van der Waals surface area contributed by atoms with Gasteiger partial charge in [0.2, 0.25) is 0 Å². The summed E-state index contributed by atoms with van der Waals surface area (Å²) < 4.78 is 11.3. The SMILES string of the molecule is C=C1CCC(O)CC1=CC=C1CCCC2(C)C1CCC2C(C)CCCC(C)(C)OC1OC(C(=O)O)C(O)C(O)C1O. The number of fused-ring (bicyclic) bond motifs is 1. The first-order valence-corrected chi connectivity index (χ1v) is 15.6. The van der Waals surface area contributed by atoms with E-state index in [2.05, 4.69) is 32.6 Å². The Morgan fingerprint density at radius 1 is 1.12 bits per heavy atom. The van der Waals surface area contributed by atoms with Gasteiger partial charge in [-0.1, -0.05) is 56.6 Å². The molecule has 8 heteroatoms. The molecule has 0 aromatic carbocycles. The minimum atomic E-state index is -1.73. The van der Waals surface area contributed by atoms with Crippen LogP contribution in [0.25, 0.3) is 0 Å². The van der Waals surface area contributed by atoms with Gasteiger partial charge in [0.25, 0.3) is 0 Å². The summed E-state index contributed by atoms with van der Waals surface area (Å²) in [5.41, 5.74) is 3.48. The minimum Gasteiger partial charge on any atom is -0.479 e. The van der Waals surface area contributed by atoms with E-state index in [0.717, 1.165) is 37.7 Å². The lowest BCUT2D eigenvalue weighted by Gasteiger charge is -2.44. The second-order valence-corrected chi connectivity index (χ2v) is 14.0. The number of carboxylic acids is 1. The van der Waals surface area contributed by atoms with Crippen molar-refractivity contribution in [1.29, 1.82) is 0 Å². The molecule has 1 aliphatic heterocycles. The van der Waals surface area contributed by atoms with Crippen LogP contribution in [0.5, 0.6) is 0 Å². The zero-order valence-electron chi connectivity index (χ0n) is 25.3. The largest absolute Gasteiger partial charge is 0.479 e. The van der Waals surface area contributed by atoms with Crippen LogP contribution in [0.1, 0.15) is 98.3 Å². The van der Waals surface area contributed by atoms with Crippen LogP contribution in [-0.2, 0) is 14.3 Å². The Morgan fingerprint density at radius 2 is 1.85 bits per heavy atom. The molecule has 0 aromatic rings. The zero-order valence-corrected chi connectivity index (χ0v) is 25.3. The van der Waals surface area contributed by atoms with Crippen LogP contribution >= 0.6 is 0 Å². The van der Waals surface area contributed by atoms with Crippen molar-refractivity contribution in [2.24, 2.45) is 23.2 Å². The smallest absolute Gasteiger partial charge is 0.335 e. The lowest BCUT2D eigenvalue weighted by molar-refractivity contribution is -0.317. The third-order valence-electron chi connectivity index (χ3n) is 10.6. The molecule has 1 saturated heterocycles. The summed E-state index contributed by atoms with van der Waals surface area (Å²) in [5, 5.41) is 49.8. The molecule has 4 fully saturated rings. The van der Waals surface area contributed by atoms with Crippen LogP contribution in [0.2, 0.25) is 0 Å². The minimum absolute atomic E-state index is 0.254. The van der Waals surface area contributed by atoms with Gasteiger partial charge in [0.15, 0.2) is 12.4 Å². The summed E-state index contributed by atoms with van der Waals surface area (Å²) in [4.78, 5) is 11.4. The van der Waals surface area contributed by atoms with E-state index in [-0.39, 0.29) is 11.5 Å². The van der Waals surface area contributed by atoms with Crippen LogP contribution in [0, 0.1) is 23.2 Å². The summed E-state index contributed by atoms with van der Waals surface area (Å²) in [6, 6.07) is 0. The molecule has 4 aliphatic rings. The van der Waals surface area contributed by atoms with Crippen molar-refractivity contribution < 1.29 is 39.8 Å². The van der Waals surface area contributed by atoms with E-state index in [0.29, 0.717) is 30.6 Å². The van der Waals surface area contributed by atoms with Crippen molar-refractivity contribution in [3.8, 4) is 0 Å². The molecule has 0 aromatic heterocycles. The quantitative estimate of drug-likeness (QED) is 0.268. The summed E-state index contributed by atoms with van der Waals surface area (Å²) in [5.74, 6) is 0.353. The van der Waals surface area contributed by atoms with Crippen molar-refractivity contribution in [2.45, 2.75) is 141 Å². The molecule has 41 heavy (non-hydrogen) atoms. The average Bonchev–Trinajstić information content (AvgIpc) is 3.26.